The van der Waals surface area contributed by atoms with E-state index in [0.717, 1.165) is 35.7 Å². The fourth-order valence-corrected chi connectivity index (χ4v) is 5.64. The van der Waals surface area contributed by atoms with Crippen LogP contribution in [-0.2, 0) is 4.79 Å². The van der Waals surface area contributed by atoms with E-state index in [0.29, 0.717) is 30.0 Å². The van der Waals surface area contributed by atoms with Gasteiger partial charge in [-0.15, -0.1) is 0 Å². The number of rotatable bonds is 5. The third kappa shape index (κ3) is 4.61. The van der Waals surface area contributed by atoms with Crippen LogP contribution in [0.5, 0.6) is 11.5 Å². The van der Waals surface area contributed by atoms with Gasteiger partial charge in [0.05, 0.1) is 5.52 Å². The Morgan fingerprint density at radius 2 is 1.67 bits per heavy atom. The highest BCUT2D eigenvalue weighted by atomic mass is 16.3. The van der Waals surface area contributed by atoms with Crippen LogP contribution >= 0.6 is 0 Å². The second-order valence-corrected chi connectivity index (χ2v) is 9.99. The number of likely N-dealkylation sites (tertiary alicyclic amines) is 1. The summed E-state index contributed by atoms with van der Waals surface area (Å²) < 4.78 is 6.30. The van der Waals surface area contributed by atoms with E-state index >= 15 is 0 Å². The highest BCUT2D eigenvalue weighted by molar-refractivity contribution is 5.92. The second-order valence-electron chi connectivity index (χ2n) is 9.99. The highest BCUT2D eigenvalue weighted by Gasteiger charge is 2.31. The summed E-state index contributed by atoms with van der Waals surface area (Å²) in [4.78, 5) is 33.3. The molecule has 5 aromatic rings. The van der Waals surface area contributed by atoms with Crippen LogP contribution in [-0.4, -0.2) is 39.1 Å². The fourth-order valence-electron chi connectivity index (χ4n) is 5.64. The number of carbonyl (C=O) groups excluding carboxylic acids is 1. The molecule has 0 spiro atoms. The topological polar surface area (TPSA) is 104 Å². The van der Waals surface area contributed by atoms with Crippen molar-refractivity contribution in [2.45, 2.75) is 31.6 Å². The number of nitrogens with zero attached hydrogens (tertiary/aromatic N) is 2. The maximum Gasteiger partial charge on any atom is 0.223 e. The Balaban J connectivity index is 1.61. The smallest absolute Gasteiger partial charge is 0.223 e. The molecule has 7 heteroatoms. The number of para-hydroxylation sites is 1. The molecule has 0 bridgehead atoms. The lowest BCUT2D eigenvalue weighted by Crippen LogP contribution is -2.36. The zero-order valence-corrected chi connectivity index (χ0v) is 21.3. The maximum absolute atomic E-state index is 13.6. The molecule has 0 unspecified atom stereocenters. The van der Waals surface area contributed by atoms with Crippen molar-refractivity contribution in [3.05, 3.63) is 100 Å². The van der Waals surface area contributed by atoms with Crippen molar-refractivity contribution in [1.82, 2.24) is 9.88 Å². The van der Waals surface area contributed by atoms with Crippen molar-refractivity contribution < 1.29 is 19.4 Å². The van der Waals surface area contributed by atoms with E-state index in [1.165, 1.54) is 12.1 Å². The molecule has 3 aromatic carbocycles. The fraction of sp³-hybridized carbons (Fsp3) is 0.219. The zero-order valence-electron chi connectivity index (χ0n) is 21.3. The Morgan fingerprint density at radius 1 is 0.923 bits per heavy atom. The van der Waals surface area contributed by atoms with Crippen LogP contribution in [0.25, 0.3) is 33.2 Å². The van der Waals surface area contributed by atoms with Crippen molar-refractivity contribution in [3.8, 4) is 22.8 Å². The first-order valence-corrected chi connectivity index (χ1v) is 13.2. The van der Waals surface area contributed by atoms with Crippen LogP contribution in [0.3, 0.4) is 0 Å². The predicted octanol–water partition coefficient (Wildman–Crippen LogP) is 5.95. The van der Waals surface area contributed by atoms with Gasteiger partial charge in [-0.05, 0) is 37.0 Å². The van der Waals surface area contributed by atoms with Crippen LogP contribution < -0.4 is 5.43 Å². The number of aromatic nitrogens is 1. The van der Waals surface area contributed by atoms with Gasteiger partial charge in [-0.1, -0.05) is 48.5 Å². The summed E-state index contributed by atoms with van der Waals surface area (Å²) in [5.74, 6) is -1.02. The van der Waals surface area contributed by atoms with Crippen LogP contribution in [0, 0.1) is 0 Å². The summed E-state index contributed by atoms with van der Waals surface area (Å²) in [6.45, 7) is 1.39. The van der Waals surface area contributed by atoms with Crippen molar-refractivity contribution >= 4 is 27.8 Å². The molecule has 0 saturated carbocycles. The summed E-state index contributed by atoms with van der Waals surface area (Å²) in [6.07, 6.45) is 4.75. The first-order chi connectivity index (χ1) is 19.0. The Morgan fingerprint density at radius 3 is 2.46 bits per heavy atom. The Labute approximate surface area is 225 Å². The van der Waals surface area contributed by atoms with E-state index in [2.05, 4.69) is 4.98 Å². The van der Waals surface area contributed by atoms with Crippen LogP contribution in [0.2, 0.25) is 0 Å². The molecule has 39 heavy (non-hydrogen) atoms. The van der Waals surface area contributed by atoms with Crippen LogP contribution in [0.15, 0.2) is 88.2 Å². The summed E-state index contributed by atoms with van der Waals surface area (Å²) in [5, 5.41) is 22.8. The molecular weight excluding hydrogens is 492 g/mol. The summed E-state index contributed by atoms with van der Waals surface area (Å²) in [7, 11) is 0. The number of amides is 1. The monoisotopic (exact) mass is 520 g/mol. The lowest BCUT2D eigenvalue weighted by atomic mass is 9.84. The third-order valence-corrected chi connectivity index (χ3v) is 7.55. The molecule has 3 heterocycles. The van der Waals surface area contributed by atoms with Gasteiger partial charge in [-0.2, -0.15) is 0 Å². The molecule has 7 nitrogen and oxygen atoms in total. The summed E-state index contributed by atoms with van der Waals surface area (Å²) in [6, 6.07) is 21.1. The molecule has 1 atom stereocenters. The SMILES string of the molecule is O=C(C[C@@H](c1ccnc2ccccc12)c1c(O)cc(O)c2c(=O)cc(-c3ccccc3)oc12)N1CCCCC1. The number of hydrogen-bond donors (Lipinski definition) is 2. The molecule has 0 aliphatic carbocycles. The first-order valence-electron chi connectivity index (χ1n) is 13.2. The lowest BCUT2D eigenvalue weighted by molar-refractivity contribution is -0.132. The summed E-state index contributed by atoms with van der Waals surface area (Å²) >= 11 is 0. The van der Waals surface area contributed by atoms with Gasteiger partial charge in [-0.25, -0.2) is 0 Å². The Kier molecular flexibility index (Phi) is 6.49. The standard InChI is InChI=1S/C32H28N2O5/c35-25-18-26(36)31-27(37)19-28(20-9-3-1-4-10-20)39-32(31)30(25)23(17-29(38)34-15-7-2-8-16-34)21-13-14-33-24-12-6-5-11-22(21)24/h1,3-6,9-14,18-19,23,35-36H,2,7-8,15-17H2/t23-/m0/s1. The lowest BCUT2D eigenvalue weighted by Gasteiger charge is -2.29. The summed E-state index contributed by atoms with van der Waals surface area (Å²) in [5.41, 5.74) is 2.13. The van der Waals surface area contributed by atoms with Gasteiger partial charge in [0.1, 0.15) is 28.2 Å². The molecule has 6 rings (SSSR count). The van der Waals surface area contributed by atoms with E-state index < -0.39 is 11.3 Å². The average Bonchev–Trinajstić information content (AvgIpc) is 2.96. The third-order valence-electron chi connectivity index (χ3n) is 7.55. The van der Waals surface area contributed by atoms with E-state index in [1.54, 1.807) is 6.20 Å². The van der Waals surface area contributed by atoms with Gasteiger partial charge in [0.2, 0.25) is 5.91 Å². The minimum atomic E-state index is -0.662. The quantitative estimate of drug-likeness (QED) is 0.297. The number of hydrogen-bond acceptors (Lipinski definition) is 6. The first kappa shape index (κ1) is 24.7. The minimum Gasteiger partial charge on any atom is -0.507 e. The number of phenolic OH excluding ortho intramolecular Hbond substituents is 2. The van der Waals surface area contributed by atoms with Gasteiger partial charge < -0.3 is 19.5 Å². The number of carbonyl (C=O) groups is 1. The number of benzene rings is 3. The number of piperidine rings is 1. The van der Waals surface area contributed by atoms with Gasteiger partial charge in [0.15, 0.2) is 5.43 Å². The molecular formula is C32H28N2O5. The van der Waals surface area contributed by atoms with Crippen LogP contribution in [0.1, 0.15) is 42.7 Å². The molecule has 0 radical (unpaired) electrons. The zero-order chi connectivity index (χ0) is 26.9. The van der Waals surface area contributed by atoms with Crippen molar-refractivity contribution in [3.63, 3.8) is 0 Å². The van der Waals surface area contributed by atoms with Crippen molar-refractivity contribution in [2.24, 2.45) is 0 Å². The van der Waals surface area contributed by atoms with E-state index in [1.807, 2.05) is 65.6 Å². The van der Waals surface area contributed by atoms with Gasteiger partial charge in [-0.3, -0.25) is 14.6 Å². The molecule has 2 aromatic heterocycles. The van der Waals surface area contributed by atoms with Gasteiger partial charge in [0, 0.05) is 60.3 Å². The molecule has 1 saturated heterocycles. The molecule has 1 amide bonds. The van der Waals surface area contributed by atoms with Crippen molar-refractivity contribution in [2.75, 3.05) is 13.1 Å². The highest BCUT2D eigenvalue weighted by Crippen LogP contribution is 2.44. The molecule has 1 fully saturated rings. The minimum absolute atomic E-state index is 0.0312. The molecule has 1 aliphatic heterocycles. The second kappa shape index (κ2) is 10.3. The van der Waals surface area contributed by atoms with E-state index in [-0.39, 0.29) is 34.8 Å². The number of fused-ring (bicyclic) bond motifs is 2. The predicted molar refractivity (Wildman–Crippen MR) is 150 cm³/mol. The number of aromatic hydroxyl groups is 2. The maximum atomic E-state index is 13.6. The van der Waals surface area contributed by atoms with E-state index in [4.69, 9.17) is 4.42 Å². The van der Waals surface area contributed by atoms with Crippen molar-refractivity contribution in [1.29, 1.82) is 0 Å². The Bertz CT molecular complexity index is 1730. The Hall–Kier alpha value is -4.65. The molecule has 196 valence electrons. The normalized spacial score (nSPS) is 14.5. The number of phenols is 2. The molecule has 1 aliphatic rings. The largest absolute Gasteiger partial charge is 0.507 e. The molecule has 2 N–H and O–H groups in total. The average molecular weight is 521 g/mol. The number of pyridine rings is 1. The van der Waals surface area contributed by atoms with Gasteiger partial charge in [0.25, 0.3) is 0 Å². The van der Waals surface area contributed by atoms with Crippen LogP contribution in [0.4, 0.5) is 0 Å². The van der Waals surface area contributed by atoms with Gasteiger partial charge >= 0.3 is 0 Å². The van der Waals surface area contributed by atoms with E-state index in [9.17, 15) is 19.8 Å².